The first-order valence-electron chi connectivity index (χ1n) is 4.66. The zero-order valence-corrected chi connectivity index (χ0v) is 8.94. The van der Waals surface area contributed by atoms with Gasteiger partial charge in [-0.25, -0.2) is 0 Å². The van der Waals surface area contributed by atoms with E-state index >= 15 is 0 Å². The summed E-state index contributed by atoms with van der Waals surface area (Å²) in [6.45, 7) is 0. The molecule has 0 aliphatic carbocycles. The largest absolute Gasteiger partial charge is 0.428 e. The Bertz CT molecular complexity index is 465. The summed E-state index contributed by atoms with van der Waals surface area (Å²) in [7, 11) is 0. The summed E-state index contributed by atoms with van der Waals surface area (Å²) in [6, 6.07) is 8.09. The molecule has 0 amide bonds. The number of nitrogens with zero attached hydrogens (tertiary/aromatic N) is 1. The predicted molar refractivity (Wildman–Crippen MR) is 55.2 cm³/mol. The zero-order chi connectivity index (χ0) is 11.8. The molecule has 1 fully saturated rings. The molecule has 1 N–H and O–H groups in total. The molecule has 4 nitrogen and oxygen atoms in total. The number of carbonyl (C=O) groups is 1. The van der Waals surface area contributed by atoms with Crippen molar-refractivity contribution < 1.29 is 14.6 Å². The van der Waals surface area contributed by atoms with Gasteiger partial charge in [0, 0.05) is 17.0 Å². The quantitative estimate of drug-likeness (QED) is 0.753. The van der Waals surface area contributed by atoms with Gasteiger partial charge >= 0.3 is 5.97 Å². The standard InChI is InChI=1S/C11H8ClNO3/c12-9-3-1-8(2-4-9)11(15)5-7(6-13)10(14)16-11/h1-4,7,15H,5H2. The van der Waals surface area contributed by atoms with Gasteiger partial charge in [0.25, 0.3) is 0 Å². The number of aliphatic hydroxyl groups is 1. The molecule has 0 radical (unpaired) electrons. The molecule has 0 spiro atoms. The third-order valence-electron chi connectivity index (χ3n) is 2.49. The van der Waals surface area contributed by atoms with Crippen LogP contribution in [-0.2, 0) is 15.3 Å². The topological polar surface area (TPSA) is 70.3 Å². The third kappa shape index (κ3) is 1.75. The summed E-state index contributed by atoms with van der Waals surface area (Å²) < 4.78 is 4.83. The van der Waals surface area contributed by atoms with Crippen molar-refractivity contribution in [1.29, 1.82) is 5.26 Å². The van der Waals surface area contributed by atoms with Crippen LogP contribution in [0, 0.1) is 17.2 Å². The molecular formula is C11H8ClNO3. The second-order valence-electron chi connectivity index (χ2n) is 3.60. The average molecular weight is 238 g/mol. The number of ether oxygens (including phenoxy) is 1. The number of halogens is 1. The molecule has 1 aromatic rings. The second-order valence-corrected chi connectivity index (χ2v) is 4.03. The molecular weight excluding hydrogens is 230 g/mol. The lowest BCUT2D eigenvalue weighted by atomic mass is 9.98. The Morgan fingerprint density at radius 2 is 2.12 bits per heavy atom. The maximum Gasteiger partial charge on any atom is 0.326 e. The molecule has 0 bridgehead atoms. The molecule has 1 saturated heterocycles. The monoisotopic (exact) mass is 237 g/mol. The van der Waals surface area contributed by atoms with E-state index in [0.717, 1.165) is 0 Å². The van der Waals surface area contributed by atoms with Crippen molar-refractivity contribution in [2.75, 3.05) is 0 Å². The molecule has 1 aliphatic rings. The summed E-state index contributed by atoms with van der Waals surface area (Å²) in [5, 5.41) is 19.3. The van der Waals surface area contributed by atoms with Crippen molar-refractivity contribution in [3.63, 3.8) is 0 Å². The van der Waals surface area contributed by atoms with E-state index in [4.69, 9.17) is 21.6 Å². The first-order valence-corrected chi connectivity index (χ1v) is 5.04. The maximum atomic E-state index is 11.2. The van der Waals surface area contributed by atoms with Crippen molar-refractivity contribution in [2.24, 2.45) is 5.92 Å². The van der Waals surface area contributed by atoms with Crippen LogP contribution in [0.3, 0.4) is 0 Å². The summed E-state index contributed by atoms with van der Waals surface area (Å²) in [6.07, 6.45) is -0.0516. The van der Waals surface area contributed by atoms with E-state index in [9.17, 15) is 9.90 Å². The van der Waals surface area contributed by atoms with E-state index < -0.39 is 17.7 Å². The van der Waals surface area contributed by atoms with Crippen molar-refractivity contribution in [2.45, 2.75) is 12.2 Å². The van der Waals surface area contributed by atoms with E-state index in [1.807, 2.05) is 0 Å². The minimum absolute atomic E-state index is 0.0516. The van der Waals surface area contributed by atoms with Gasteiger partial charge in [-0.2, -0.15) is 5.26 Å². The van der Waals surface area contributed by atoms with Gasteiger partial charge in [-0.05, 0) is 12.1 Å². The van der Waals surface area contributed by atoms with Crippen LogP contribution in [0.2, 0.25) is 5.02 Å². The van der Waals surface area contributed by atoms with Gasteiger partial charge in [0.2, 0.25) is 5.79 Å². The Labute approximate surface area is 97.0 Å². The van der Waals surface area contributed by atoms with Gasteiger partial charge in [-0.1, -0.05) is 23.7 Å². The summed E-state index contributed by atoms with van der Waals surface area (Å²) in [4.78, 5) is 11.2. The van der Waals surface area contributed by atoms with Gasteiger partial charge in [-0.15, -0.1) is 0 Å². The molecule has 1 aromatic carbocycles. The molecule has 0 saturated carbocycles. The van der Waals surface area contributed by atoms with Crippen molar-refractivity contribution in [3.8, 4) is 6.07 Å². The van der Waals surface area contributed by atoms with Crippen LogP contribution < -0.4 is 0 Å². The van der Waals surface area contributed by atoms with E-state index in [1.165, 1.54) is 0 Å². The van der Waals surface area contributed by atoms with Crippen LogP contribution >= 0.6 is 11.6 Å². The van der Waals surface area contributed by atoms with E-state index in [0.29, 0.717) is 10.6 Å². The molecule has 2 atom stereocenters. The molecule has 5 heteroatoms. The molecule has 82 valence electrons. The number of carbonyl (C=O) groups excluding carboxylic acids is 1. The number of rotatable bonds is 1. The van der Waals surface area contributed by atoms with Gasteiger partial charge in [0.1, 0.15) is 0 Å². The van der Waals surface area contributed by atoms with Gasteiger partial charge in [-0.3, -0.25) is 4.79 Å². The number of esters is 1. The fourth-order valence-electron chi connectivity index (χ4n) is 1.62. The van der Waals surface area contributed by atoms with E-state index in [1.54, 1.807) is 30.3 Å². The maximum absolute atomic E-state index is 11.2. The van der Waals surface area contributed by atoms with Crippen LogP contribution in [0.25, 0.3) is 0 Å². The lowest BCUT2D eigenvalue weighted by Gasteiger charge is -2.20. The normalized spacial score (nSPS) is 28.6. The first kappa shape index (κ1) is 10.9. The predicted octanol–water partition coefficient (Wildman–Crippen LogP) is 1.57. The molecule has 2 unspecified atom stereocenters. The van der Waals surface area contributed by atoms with E-state index in [-0.39, 0.29) is 6.42 Å². The first-order chi connectivity index (χ1) is 7.55. The van der Waals surface area contributed by atoms with Gasteiger partial charge < -0.3 is 9.84 Å². The Morgan fingerprint density at radius 3 is 2.62 bits per heavy atom. The van der Waals surface area contributed by atoms with Crippen molar-refractivity contribution >= 4 is 17.6 Å². The van der Waals surface area contributed by atoms with Crippen LogP contribution in [-0.4, -0.2) is 11.1 Å². The van der Waals surface area contributed by atoms with Crippen LogP contribution in [0.15, 0.2) is 24.3 Å². The number of hydrogen-bond acceptors (Lipinski definition) is 4. The number of hydrogen-bond donors (Lipinski definition) is 1. The Kier molecular flexibility index (Phi) is 2.58. The summed E-state index contributed by atoms with van der Waals surface area (Å²) in [5.41, 5.74) is 0.419. The van der Waals surface area contributed by atoms with Crippen molar-refractivity contribution in [3.05, 3.63) is 34.9 Å². The zero-order valence-electron chi connectivity index (χ0n) is 8.18. The molecule has 0 aromatic heterocycles. The summed E-state index contributed by atoms with van der Waals surface area (Å²) >= 11 is 5.71. The number of cyclic esters (lactones) is 1. The smallest absolute Gasteiger partial charge is 0.326 e. The highest BCUT2D eigenvalue weighted by atomic mass is 35.5. The lowest BCUT2D eigenvalue weighted by Crippen LogP contribution is -2.24. The van der Waals surface area contributed by atoms with Gasteiger partial charge in [0.15, 0.2) is 5.92 Å². The van der Waals surface area contributed by atoms with Crippen LogP contribution in [0.1, 0.15) is 12.0 Å². The molecule has 16 heavy (non-hydrogen) atoms. The fraction of sp³-hybridized carbons (Fsp3) is 0.273. The number of nitriles is 1. The highest BCUT2D eigenvalue weighted by molar-refractivity contribution is 6.30. The van der Waals surface area contributed by atoms with Crippen LogP contribution in [0.5, 0.6) is 0 Å². The minimum Gasteiger partial charge on any atom is -0.428 e. The minimum atomic E-state index is -1.71. The third-order valence-corrected chi connectivity index (χ3v) is 2.74. The van der Waals surface area contributed by atoms with Crippen molar-refractivity contribution in [1.82, 2.24) is 0 Å². The highest BCUT2D eigenvalue weighted by Gasteiger charge is 2.47. The molecule has 2 rings (SSSR count). The molecule has 1 aliphatic heterocycles. The van der Waals surface area contributed by atoms with Crippen LogP contribution in [0.4, 0.5) is 0 Å². The lowest BCUT2D eigenvalue weighted by molar-refractivity contribution is -0.193. The Hall–Kier alpha value is -1.57. The Morgan fingerprint density at radius 1 is 1.50 bits per heavy atom. The van der Waals surface area contributed by atoms with E-state index in [2.05, 4.69) is 0 Å². The Balaban J connectivity index is 2.31. The molecule has 1 heterocycles. The highest BCUT2D eigenvalue weighted by Crippen LogP contribution is 2.37. The SMILES string of the molecule is N#CC1CC(O)(c2ccc(Cl)cc2)OC1=O. The average Bonchev–Trinajstić information content (AvgIpc) is 2.55. The number of benzene rings is 1. The summed E-state index contributed by atoms with van der Waals surface area (Å²) in [5.74, 6) is -3.32. The second kappa shape index (κ2) is 3.78. The fourth-order valence-corrected chi connectivity index (χ4v) is 1.75. The van der Waals surface area contributed by atoms with Gasteiger partial charge in [0.05, 0.1) is 6.07 Å².